The second-order valence-electron chi connectivity index (χ2n) is 5.32. The van der Waals surface area contributed by atoms with Crippen LogP contribution in [0.15, 0.2) is 36.1 Å². The Morgan fingerprint density at radius 2 is 1.79 bits per heavy atom. The maximum Gasteiger partial charge on any atom is 0.330 e. The fourth-order valence-corrected chi connectivity index (χ4v) is 1.94. The van der Waals surface area contributed by atoms with Gasteiger partial charge in [-0.05, 0) is 26.0 Å². The third-order valence-corrected chi connectivity index (χ3v) is 3.14. The van der Waals surface area contributed by atoms with Gasteiger partial charge in [-0.1, -0.05) is 12.1 Å². The second-order valence-corrected chi connectivity index (χ2v) is 5.32. The summed E-state index contributed by atoms with van der Waals surface area (Å²) in [5.41, 5.74) is 1.10. The van der Waals surface area contributed by atoms with E-state index in [-0.39, 0.29) is 12.1 Å². The summed E-state index contributed by atoms with van der Waals surface area (Å²) in [5, 5.41) is 2.08. The molecule has 0 radical (unpaired) electrons. The number of ether oxygens (including phenoxy) is 1. The molecule has 0 saturated heterocycles. The lowest BCUT2D eigenvalue weighted by Gasteiger charge is -2.19. The fourth-order valence-electron chi connectivity index (χ4n) is 1.94. The molecule has 0 aromatic heterocycles. The Morgan fingerprint density at radius 3 is 2.33 bits per heavy atom. The highest BCUT2D eigenvalue weighted by Gasteiger charge is 2.22. The molecule has 130 valence electrons. The molecule has 1 rings (SSSR count). The van der Waals surface area contributed by atoms with Crippen LogP contribution in [-0.4, -0.2) is 43.4 Å². The largest absolute Gasteiger partial charge is 0.462 e. The lowest BCUT2D eigenvalue weighted by Crippen LogP contribution is -2.45. The van der Waals surface area contributed by atoms with Crippen LogP contribution in [0.5, 0.6) is 5.75 Å². The van der Waals surface area contributed by atoms with Crippen LogP contribution in [0.25, 0.3) is 0 Å². The summed E-state index contributed by atoms with van der Waals surface area (Å²) in [4.78, 5) is 38.0. The third kappa shape index (κ3) is 5.12. The van der Waals surface area contributed by atoms with Gasteiger partial charge < -0.3 is 9.64 Å². The molecule has 0 bridgehead atoms. The molecular weight excluding hydrogens is 310 g/mol. The maximum atomic E-state index is 12.3. The molecular formula is C17H23N3O4. The smallest absolute Gasteiger partial charge is 0.330 e. The first-order chi connectivity index (χ1) is 11.3. The Labute approximate surface area is 141 Å². The summed E-state index contributed by atoms with van der Waals surface area (Å²) in [6.07, 6.45) is 1.30. The first kappa shape index (κ1) is 19.2. The molecule has 0 unspecified atom stereocenters. The zero-order valence-corrected chi connectivity index (χ0v) is 14.6. The predicted molar refractivity (Wildman–Crippen MR) is 91.8 cm³/mol. The van der Waals surface area contributed by atoms with E-state index in [2.05, 4.69) is 5.32 Å². The Hall–Kier alpha value is -2.83. The van der Waals surface area contributed by atoms with Crippen LogP contribution in [-0.2, 0) is 9.59 Å². The molecule has 0 fully saturated rings. The van der Waals surface area contributed by atoms with Crippen molar-refractivity contribution < 1.29 is 19.1 Å². The minimum atomic E-state index is -0.753. The molecule has 0 heterocycles. The van der Waals surface area contributed by atoms with E-state index in [1.54, 1.807) is 19.9 Å². The van der Waals surface area contributed by atoms with Crippen LogP contribution in [0.2, 0.25) is 0 Å². The first-order valence-electron chi connectivity index (χ1n) is 7.51. The minimum absolute atomic E-state index is 0.136. The molecule has 0 spiro atoms. The SMILES string of the molecule is CCN(C(=O)NC(C)=O)C(=O)/C(C)=C/Oc1ccccc1N(C)C. The van der Waals surface area contributed by atoms with Gasteiger partial charge in [0.05, 0.1) is 11.9 Å². The summed E-state index contributed by atoms with van der Waals surface area (Å²) in [6.45, 7) is 4.54. The van der Waals surface area contributed by atoms with Gasteiger partial charge in [-0.15, -0.1) is 0 Å². The van der Waals surface area contributed by atoms with Crippen LogP contribution in [0.3, 0.4) is 0 Å². The van der Waals surface area contributed by atoms with Crippen molar-refractivity contribution in [3.05, 3.63) is 36.1 Å². The van der Waals surface area contributed by atoms with Crippen molar-refractivity contribution in [2.75, 3.05) is 25.5 Å². The van der Waals surface area contributed by atoms with Crippen LogP contribution in [0.4, 0.5) is 10.5 Å². The lowest BCUT2D eigenvalue weighted by molar-refractivity contribution is -0.124. The van der Waals surface area contributed by atoms with Crippen molar-refractivity contribution >= 4 is 23.5 Å². The van der Waals surface area contributed by atoms with Gasteiger partial charge in [-0.2, -0.15) is 0 Å². The van der Waals surface area contributed by atoms with Crippen LogP contribution in [0.1, 0.15) is 20.8 Å². The number of amides is 4. The molecule has 0 saturated carbocycles. The van der Waals surface area contributed by atoms with Gasteiger partial charge >= 0.3 is 6.03 Å². The Bertz CT molecular complexity index is 653. The van der Waals surface area contributed by atoms with Crippen molar-refractivity contribution in [1.29, 1.82) is 0 Å². The third-order valence-electron chi connectivity index (χ3n) is 3.14. The molecule has 4 amide bonds. The van der Waals surface area contributed by atoms with E-state index >= 15 is 0 Å². The molecule has 0 atom stereocenters. The summed E-state index contributed by atoms with van der Waals surface area (Å²) < 4.78 is 5.59. The van der Waals surface area contributed by atoms with E-state index in [1.807, 2.05) is 37.2 Å². The summed E-state index contributed by atoms with van der Waals surface area (Å²) >= 11 is 0. The Kier molecular flexibility index (Phi) is 6.98. The van der Waals surface area contributed by atoms with Crippen molar-refractivity contribution in [3.8, 4) is 5.75 Å². The zero-order chi connectivity index (χ0) is 18.3. The standard InChI is InChI=1S/C17H23N3O4/c1-6-20(17(23)18-13(3)21)16(22)12(2)11-24-15-10-8-7-9-14(15)19(4)5/h7-11H,6H2,1-5H3,(H,18,21,23)/b12-11+. The zero-order valence-electron chi connectivity index (χ0n) is 14.6. The Balaban J connectivity index is 2.90. The molecule has 1 aromatic rings. The van der Waals surface area contributed by atoms with Crippen molar-refractivity contribution in [2.24, 2.45) is 0 Å². The fraction of sp³-hybridized carbons (Fsp3) is 0.353. The molecule has 0 aliphatic carbocycles. The van der Waals surface area contributed by atoms with Gasteiger partial charge in [-0.25, -0.2) is 4.79 Å². The average molecular weight is 333 g/mol. The quantitative estimate of drug-likeness (QED) is 0.660. The molecule has 24 heavy (non-hydrogen) atoms. The Morgan fingerprint density at radius 1 is 1.17 bits per heavy atom. The van der Waals surface area contributed by atoms with Crippen LogP contribution < -0.4 is 15.0 Å². The number of hydrogen-bond donors (Lipinski definition) is 1. The van der Waals surface area contributed by atoms with Gasteiger partial charge in [-0.3, -0.25) is 19.8 Å². The summed E-state index contributed by atoms with van der Waals surface area (Å²) in [7, 11) is 3.77. The predicted octanol–water partition coefficient (Wildman–Crippen LogP) is 2.14. The molecule has 1 aromatic carbocycles. The number of carbonyl (C=O) groups is 3. The number of para-hydroxylation sites is 2. The molecule has 7 heteroatoms. The second kappa shape index (κ2) is 8.71. The number of nitrogens with one attached hydrogen (secondary N) is 1. The van der Waals surface area contributed by atoms with E-state index in [9.17, 15) is 14.4 Å². The molecule has 0 aliphatic heterocycles. The lowest BCUT2D eigenvalue weighted by atomic mass is 10.2. The highest BCUT2D eigenvalue weighted by atomic mass is 16.5. The van der Waals surface area contributed by atoms with Crippen LogP contribution in [0, 0.1) is 0 Å². The van der Waals surface area contributed by atoms with Gasteiger partial charge in [0.15, 0.2) is 0 Å². The van der Waals surface area contributed by atoms with Crippen molar-refractivity contribution in [3.63, 3.8) is 0 Å². The monoisotopic (exact) mass is 333 g/mol. The van der Waals surface area contributed by atoms with E-state index in [0.717, 1.165) is 10.6 Å². The average Bonchev–Trinajstić information content (AvgIpc) is 2.52. The molecule has 7 nitrogen and oxygen atoms in total. The van der Waals surface area contributed by atoms with Crippen molar-refractivity contribution in [2.45, 2.75) is 20.8 Å². The van der Waals surface area contributed by atoms with Gasteiger partial charge in [0.2, 0.25) is 5.91 Å². The van der Waals surface area contributed by atoms with Crippen LogP contribution >= 0.6 is 0 Å². The number of urea groups is 1. The number of imide groups is 2. The number of anilines is 1. The normalized spacial score (nSPS) is 10.8. The summed E-state index contributed by atoms with van der Waals surface area (Å²) in [5.74, 6) is -0.464. The van der Waals surface area contributed by atoms with E-state index in [4.69, 9.17) is 4.74 Å². The van der Waals surface area contributed by atoms with Crippen molar-refractivity contribution in [1.82, 2.24) is 10.2 Å². The summed E-state index contributed by atoms with van der Waals surface area (Å²) in [6, 6.07) is 6.63. The molecule has 0 aliphatic rings. The first-order valence-corrected chi connectivity index (χ1v) is 7.51. The number of carbonyl (C=O) groups excluding carboxylic acids is 3. The van der Waals surface area contributed by atoms with Gasteiger partial charge in [0.1, 0.15) is 5.75 Å². The topological polar surface area (TPSA) is 79.0 Å². The van der Waals surface area contributed by atoms with E-state index < -0.39 is 17.8 Å². The number of rotatable bonds is 5. The van der Waals surface area contributed by atoms with Gasteiger partial charge in [0.25, 0.3) is 5.91 Å². The number of benzene rings is 1. The molecule has 1 N–H and O–H groups in total. The highest BCUT2D eigenvalue weighted by molar-refractivity contribution is 6.06. The van der Waals surface area contributed by atoms with Gasteiger partial charge in [0, 0.05) is 33.1 Å². The van der Waals surface area contributed by atoms with E-state index in [1.165, 1.54) is 13.2 Å². The number of likely N-dealkylation sites (N-methyl/N-ethyl adjacent to an activating group) is 1. The number of hydrogen-bond acceptors (Lipinski definition) is 5. The maximum absolute atomic E-state index is 12.3. The van der Waals surface area contributed by atoms with E-state index in [0.29, 0.717) is 5.75 Å². The highest BCUT2D eigenvalue weighted by Crippen LogP contribution is 2.26. The number of nitrogens with zero attached hydrogens (tertiary/aromatic N) is 2. The minimum Gasteiger partial charge on any atom is -0.462 e.